The topological polar surface area (TPSA) is 117 Å². The van der Waals surface area contributed by atoms with Gasteiger partial charge in [-0.1, -0.05) is 37.3 Å². The molecule has 9 heteroatoms. The van der Waals surface area contributed by atoms with E-state index in [2.05, 4.69) is 5.32 Å². The zero-order valence-electron chi connectivity index (χ0n) is 17.2. The molecule has 0 aliphatic heterocycles. The maximum absolute atomic E-state index is 12.5. The maximum atomic E-state index is 12.5. The molecule has 2 aromatic carbocycles. The van der Waals surface area contributed by atoms with E-state index in [1.807, 2.05) is 37.3 Å². The minimum atomic E-state index is -1.15. The molecule has 1 N–H and O–H groups in total. The molecule has 2 atom stereocenters. The second-order valence-corrected chi connectivity index (χ2v) is 6.59. The van der Waals surface area contributed by atoms with Gasteiger partial charge in [0.05, 0.1) is 25.2 Å². The Morgan fingerprint density at radius 1 is 1.07 bits per heavy atom. The van der Waals surface area contributed by atoms with Crippen LogP contribution in [0.25, 0.3) is 0 Å². The summed E-state index contributed by atoms with van der Waals surface area (Å²) in [6.45, 7) is 3.70. The average molecular weight is 416 g/mol. The molecule has 0 aliphatic carbocycles. The molecule has 9 nitrogen and oxygen atoms in total. The molecule has 160 valence electrons. The van der Waals surface area contributed by atoms with Gasteiger partial charge >= 0.3 is 5.97 Å². The normalized spacial score (nSPS) is 12.4. The number of nitrogens with zero attached hydrogens (tertiary/aromatic N) is 1. The average Bonchev–Trinajstić information content (AvgIpc) is 2.76. The molecule has 0 aliphatic rings. The van der Waals surface area contributed by atoms with E-state index >= 15 is 0 Å². The predicted molar refractivity (Wildman–Crippen MR) is 109 cm³/mol. The molecule has 2 rings (SSSR count). The van der Waals surface area contributed by atoms with Gasteiger partial charge in [-0.25, -0.2) is 4.79 Å². The number of nitro groups is 1. The van der Waals surface area contributed by atoms with Crippen LogP contribution in [0.1, 0.15) is 35.7 Å². The van der Waals surface area contributed by atoms with Crippen LogP contribution in [0.4, 0.5) is 5.69 Å². The Kier molecular flexibility index (Phi) is 7.74. The van der Waals surface area contributed by atoms with Crippen molar-refractivity contribution in [3.05, 3.63) is 63.7 Å². The highest BCUT2D eigenvalue weighted by molar-refractivity contribution is 5.96. The lowest BCUT2D eigenvalue weighted by Gasteiger charge is -2.17. The van der Waals surface area contributed by atoms with Gasteiger partial charge in [-0.15, -0.1) is 0 Å². The standard InChI is InChI=1S/C21H24N2O7/c1-13(15-8-6-5-7-9-15)12-22-20(24)14(2)30-21(25)16-10-18(28-3)19(29-4)11-17(16)23(26)27/h5-11,13-14H,12H2,1-4H3,(H,22,24)/t13-,14-/m1/s1. The molecule has 0 heterocycles. The van der Waals surface area contributed by atoms with Crippen LogP contribution in [0.15, 0.2) is 42.5 Å². The number of esters is 1. The summed E-state index contributed by atoms with van der Waals surface area (Å²) in [4.78, 5) is 35.4. The molecule has 0 unspecified atom stereocenters. The summed E-state index contributed by atoms with van der Waals surface area (Å²) >= 11 is 0. The van der Waals surface area contributed by atoms with Gasteiger partial charge in [-0.3, -0.25) is 14.9 Å². The summed E-state index contributed by atoms with van der Waals surface area (Å²) in [7, 11) is 2.66. The molecule has 0 spiro atoms. The first-order valence-corrected chi connectivity index (χ1v) is 9.22. The summed E-state index contributed by atoms with van der Waals surface area (Å²) in [6.07, 6.45) is -1.15. The first-order valence-electron chi connectivity index (χ1n) is 9.22. The zero-order valence-corrected chi connectivity index (χ0v) is 17.2. The largest absolute Gasteiger partial charge is 0.493 e. The van der Waals surface area contributed by atoms with Crippen molar-refractivity contribution in [2.45, 2.75) is 25.9 Å². The Morgan fingerprint density at radius 2 is 1.67 bits per heavy atom. The number of hydrogen-bond donors (Lipinski definition) is 1. The fourth-order valence-corrected chi connectivity index (χ4v) is 2.76. The quantitative estimate of drug-likeness (QED) is 0.379. The van der Waals surface area contributed by atoms with Crippen molar-refractivity contribution < 1.29 is 28.7 Å². The minimum absolute atomic E-state index is 0.0602. The summed E-state index contributed by atoms with van der Waals surface area (Å²) in [5.41, 5.74) is 0.210. The lowest BCUT2D eigenvalue weighted by Crippen LogP contribution is -2.37. The summed E-state index contributed by atoms with van der Waals surface area (Å²) in [5, 5.41) is 14.1. The van der Waals surface area contributed by atoms with Crippen molar-refractivity contribution in [2.75, 3.05) is 20.8 Å². The van der Waals surface area contributed by atoms with E-state index in [9.17, 15) is 19.7 Å². The van der Waals surface area contributed by atoms with E-state index in [0.717, 1.165) is 17.7 Å². The Balaban J connectivity index is 2.07. The number of amides is 1. The van der Waals surface area contributed by atoms with Crippen LogP contribution in [0.3, 0.4) is 0 Å². The van der Waals surface area contributed by atoms with Crippen LogP contribution in [0, 0.1) is 10.1 Å². The molecule has 0 saturated heterocycles. The van der Waals surface area contributed by atoms with Crippen LogP contribution in [0.5, 0.6) is 11.5 Å². The van der Waals surface area contributed by atoms with E-state index < -0.39 is 28.6 Å². The molecule has 0 bridgehead atoms. The van der Waals surface area contributed by atoms with Crippen molar-refractivity contribution in [2.24, 2.45) is 0 Å². The van der Waals surface area contributed by atoms with Crippen molar-refractivity contribution in [1.29, 1.82) is 0 Å². The van der Waals surface area contributed by atoms with Crippen LogP contribution in [-0.2, 0) is 9.53 Å². The van der Waals surface area contributed by atoms with E-state index in [-0.39, 0.29) is 23.0 Å². The van der Waals surface area contributed by atoms with Crippen molar-refractivity contribution in [3.63, 3.8) is 0 Å². The number of nitrogens with one attached hydrogen (secondary N) is 1. The van der Waals surface area contributed by atoms with Gasteiger partial charge in [0.2, 0.25) is 0 Å². The fraction of sp³-hybridized carbons (Fsp3) is 0.333. The lowest BCUT2D eigenvalue weighted by atomic mass is 10.0. The first-order chi connectivity index (χ1) is 14.3. The Bertz CT molecular complexity index is 915. The molecule has 1 amide bonds. The predicted octanol–water partition coefficient (Wildman–Crippen LogP) is 3.08. The number of ether oxygens (including phenoxy) is 3. The van der Waals surface area contributed by atoms with Gasteiger partial charge in [0, 0.05) is 12.6 Å². The molecule has 2 aromatic rings. The van der Waals surface area contributed by atoms with E-state index in [4.69, 9.17) is 14.2 Å². The maximum Gasteiger partial charge on any atom is 0.346 e. The molecule has 0 fully saturated rings. The lowest BCUT2D eigenvalue weighted by molar-refractivity contribution is -0.385. The van der Waals surface area contributed by atoms with Gasteiger partial charge in [-0.05, 0) is 18.4 Å². The summed E-state index contributed by atoms with van der Waals surface area (Å²) in [6, 6.07) is 11.9. The van der Waals surface area contributed by atoms with Gasteiger partial charge in [0.15, 0.2) is 17.6 Å². The van der Waals surface area contributed by atoms with E-state index in [1.165, 1.54) is 21.1 Å². The number of benzene rings is 2. The Hall–Kier alpha value is -3.62. The highest BCUT2D eigenvalue weighted by Crippen LogP contribution is 2.35. The third kappa shape index (κ3) is 5.47. The second kappa shape index (κ2) is 10.2. The number of rotatable bonds is 9. The van der Waals surface area contributed by atoms with E-state index in [0.29, 0.717) is 6.54 Å². The molecular weight excluding hydrogens is 392 g/mol. The monoisotopic (exact) mass is 416 g/mol. The number of carbonyl (C=O) groups is 2. The summed E-state index contributed by atoms with van der Waals surface area (Å²) in [5.74, 6) is -1.23. The van der Waals surface area contributed by atoms with Crippen molar-refractivity contribution >= 4 is 17.6 Å². The van der Waals surface area contributed by atoms with Crippen LogP contribution >= 0.6 is 0 Å². The zero-order chi connectivity index (χ0) is 22.3. The number of methoxy groups -OCH3 is 2. The highest BCUT2D eigenvalue weighted by Gasteiger charge is 2.28. The number of hydrogen-bond acceptors (Lipinski definition) is 7. The molecule has 0 saturated carbocycles. The van der Waals surface area contributed by atoms with Gasteiger partial charge in [0.25, 0.3) is 11.6 Å². The third-order valence-corrected chi connectivity index (χ3v) is 4.52. The molecule has 0 aromatic heterocycles. The summed E-state index contributed by atoms with van der Waals surface area (Å²) < 4.78 is 15.3. The molecular formula is C21H24N2O7. The van der Waals surface area contributed by atoms with Gasteiger partial charge in [-0.2, -0.15) is 0 Å². The van der Waals surface area contributed by atoms with E-state index in [1.54, 1.807) is 0 Å². The van der Waals surface area contributed by atoms with Gasteiger partial charge < -0.3 is 19.5 Å². The Morgan fingerprint density at radius 3 is 2.23 bits per heavy atom. The first kappa shape index (κ1) is 22.7. The van der Waals surface area contributed by atoms with Crippen molar-refractivity contribution in [3.8, 4) is 11.5 Å². The molecule has 0 radical (unpaired) electrons. The smallest absolute Gasteiger partial charge is 0.346 e. The van der Waals surface area contributed by atoms with Crippen molar-refractivity contribution in [1.82, 2.24) is 5.32 Å². The molecule has 30 heavy (non-hydrogen) atoms. The second-order valence-electron chi connectivity index (χ2n) is 6.59. The highest BCUT2D eigenvalue weighted by atomic mass is 16.6. The third-order valence-electron chi connectivity index (χ3n) is 4.52. The number of nitro benzene ring substituents is 1. The van der Waals surface area contributed by atoms with Crippen LogP contribution in [0.2, 0.25) is 0 Å². The van der Waals surface area contributed by atoms with Crippen LogP contribution < -0.4 is 14.8 Å². The van der Waals surface area contributed by atoms with Gasteiger partial charge in [0.1, 0.15) is 5.56 Å². The van der Waals surface area contributed by atoms with Crippen LogP contribution in [-0.4, -0.2) is 43.7 Å². The minimum Gasteiger partial charge on any atom is -0.493 e. The number of carbonyl (C=O) groups excluding carboxylic acids is 2. The Labute approximate surface area is 174 Å². The SMILES string of the molecule is COc1cc(C(=O)O[C@H](C)C(=O)NC[C@@H](C)c2ccccc2)c([N+](=O)[O-])cc1OC. The fourth-order valence-electron chi connectivity index (χ4n) is 2.76.